The van der Waals surface area contributed by atoms with Crippen LogP contribution in [0, 0.1) is 0 Å². The first-order chi connectivity index (χ1) is 7.16. The number of carbonyl (C=O) groups excluding carboxylic acids is 1. The summed E-state index contributed by atoms with van der Waals surface area (Å²) in [5.74, 6) is 0.0102. The zero-order valence-electron chi connectivity index (χ0n) is 8.46. The Morgan fingerprint density at radius 1 is 1.47 bits per heavy atom. The molecule has 1 fully saturated rings. The first-order valence-electron chi connectivity index (χ1n) is 4.96. The smallest absolute Gasteiger partial charge is 0.241 e. The van der Waals surface area contributed by atoms with Crippen molar-refractivity contribution in [2.45, 2.75) is 19.0 Å². The van der Waals surface area contributed by atoms with Gasteiger partial charge < -0.3 is 10.6 Å². The summed E-state index contributed by atoms with van der Waals surface area (Å²) in [6.07, 6.45) is 0. The van der Waals surface area contributed by atoms with E-state index in [1.165, 1.54) is 0 Å². The average molecular weight is 225 g/mol. The molecule has 1 saturated heterocycles. The van der Waals surface area contributed by atoms with Gasteiger partial charge in [0.05, 0.1) is 0 Å². The summed E-state index contributed by atoms with van der Waals surface area (Å²) in [5, 5.41) is 6.75. The van der Waals surface area contributed by atoms with Crippen LogP contribution >= 0.6 is 11.6 Å². The molecule has 2 atom stereocenters. The molecule has 1 heterocycles. The Morgan fingerprint density at radius 3 is 2.93 bits per heavy atom. The van der Waals surface area contributed by atoms with Gasteiger partial charge in [-0.3, -0.25) is 4.79 Å². The molecule has 0 saturated carbocycles. The minimum atomic E-state index is -0.278. The van der Waals surface area contributed by atoms with Gasteiger partial charge in [0, 0.05) is 17.6 Å². The maximum absolute atomic E-state index is 11.7. The molecule has 3 nitrogen and oxygen atoms in total. The number of piperazine rings is 1. The Kier molecular flexibility index (Phi) is 2.93. The van der Waals surface area contributed by atoms with Crippen molar-refractivity contribution in [3.05, 3.63) is 34.9 Å². The van der Waals surface area contributed by atoms with E-state index >= 15 is 0 Å². The van der Waals surface area contributed by atoms with Crippen LogP contribution in [0.1, 0.15) is 18.5 Å². The highest BCUT2D eigenvalue weighted by Crippen LogP contribution is 2.19. The van der Waals surface area contributed by atoms with Gasteiger partial charge in [0.1, 0.15) is 6.04 Å². The molecule has 4 heteroatoms. The van der Waals surface area contributed by atoms with E-state index in [9.17, 15) is 4.79 Å². The van der Waals surface area contributed by atoms with E-state index in [2.05, 4.69) is 10.6 Å². The Hall–Kier alpha value is -1.06. The minimum absolute atomic E-state index is 0.0102. The number of nitrogens with one attached hydrogen (secondary N) is 2. The second kappa shape index (κ2) is 4.21. The molecule has 0 aliphatic carbocycles. The van der Waals surface area contributed by atoms with Crippen LogP contribution in [0.5, 0.6) is 0 Å². The van der Waals surface area contributed by atoms with Crippen LogP contribution in [0.25, 0.3) is 0 Å². The summed E-state index contributed by atoms with van der Waals surface area (Å²) < 4.78 is 0. The number of benzene rings is 1. The summed E-state index contributed by atoms with van der Waals surface area (Å²) in [6.45, 7) is 2.75. The van der Waals surface area contributed by atoms with Crippen molar-refractivity contribution >= 4 is 17.5 Å². The van der Waals surface area contributed by atoms with Gasteiger partial charge >= 0.3 is 0 Å². The molecule has 0 unspecified atom stereocenters. The summed E-state index contributed by atoms with van der Waals surface area (Å²) in [4.78, 5) is 11.7. The quantitative estimate of drug-likeness (QED) is 0.759. The normalized spacial score (nSPS) is 26.1. The fourth-order valence-corrected chi connectivity index (χ4v) is 1.92. The van der Waals surface area contributed by atoms with Crippen LogP contribution in [0.4, 0.5) is 0 Å². The molecular weight excluding hydrogens is 212 g/mol. The molecule has 0 aromatic heterocycles. The molecule has 2 N–H and O–H groups in total. The van der Waals surface area contributed by atoms with Crippen LogP contribution < -0.4 is 10.6 Å². The third-order valence-electron chi connectivity index (χ3n) is 2.46. The molecular formula is C11H13ClN2O. The van der Waals surface area contributed by atoms with Gasteiger partial charge in [-0.15, -0.1) is 0 Å². The fraction of sp³-hybridized carbons (Fsp3) is 0.364. The lowest BCUT2D eigenvalue weighted by atomic mass is 10.0. The molecule has 1 aromatic carbocycles. The second-order valence-corrected chi connectivity index (χ2v) is 4.24. The molecule has 1 aliphatic rings. The van der Waals surface area contributed by atoms with Crippen molar-refractivity contribution < 1.29 is 4.79 Å². The van der Waals surface area contributed by atoms with Crippen molar-refractivity contribution in [1.82, 2.24) is 10.6 Å². The molecule has 0 spiro atoms. The fourth-order valence-electron chi connectivity index (χ4n) is 1.72. The lowest BCUT2D eigenvalue weighted by Gasteiger charge is -2.28. The third kappa shape index (κ3) is 2.30. The lowest BCUT2D eigenvalue weighted by Crippen LogP contribution is -2.52. The predicted molar refractivity (Wildman–Crippen MR) is 59.8 cm³/mol. The van der Waals surface area contributed by atoms with E-state index in [4.69, 9.17) is 11.6 Å². The Bertz CT molecular complexity index is 381. The van der Waals surface area contributed by atoms with Gasteiger partial charge in [-0.25, -0.2) is 0 Å². The molecule has 0 radical (unpaired) electrons. The predicted octanol–water partition coefficient (Wildman–Crippen LogP) is 1.49. The van der Waals surface area contributed by atoms with Crippen molar-refractivity contribution in [1.29, 1.82) is 0 Å². The van der Waals surface area contributed by atoms with Crippen LogP contribution in [0.3, 0.4) is 0 Å². The van der Waals surface area contributed by atoms with Crippen LogP contribution in [-0.4, -0.2) is 18.5 Å². The van der Waals surface area contributed by atoms with Gasteiger partial charge in [0.15, 0.2) is 0 Å². The summed E-state index contributed by atoms with van der Waals surface area (Å²) in [5.41, 5.74) is 0.909. The number of halogens is 1. The van der Waals surface area contributed by atoms with E-state index in [1.54, 1.807) is 6.07 Å². The maximum atomic E-state index is 11.7. The molecule has 1 aliphatic heterocycles. The minimum Gasteiger partial charge on any atom is -0.351 e. The maximum Gasteiger partial charge on any atom is 0.241 e. The molecule has 2 rings (SSSR count). The number of rotatable bonds is 1. The first-order valence-corrected chi connectivity index (χ1v) is 5.34. The first kappa shape index (κ1) is 10.5. The topological polar surface area (TPSA) is 41.1 Å². The largest absolute Gasteiger partial charge is 0.351 e. The van der Waals surface area contributed by atoms with Gasteiger partial charge in [-0.05, 0) is 24.6 Å². The molecule has 1 aromatic rings. The van der Waals surface area contributed by atoms with E-state index in [1.807, 2.05) is 25.1 Å². The van der Waals surface area contributed by atoms with Crippen molar-refractivity contribution in [2.24, 2.45) is 0 Å². The molecule has 80 valence electrons. The van der Waals surface area contributed by atoms with Crippen molar-refractivity contribution in [3.8, 4) is 0 Å². The third-order valence-corrected chi connectivity index (χ3v) is 2.70. The molecule has 15 heavy (non-hydrogen) atoms. The summed E-state index contributed by atoms with van der Waals surface area (Å²) >= 11 is 5.88. The van der Waals surface area contributed by atoms with E-state index in [0.717, 1.165) is 12.1 Å². The van der Waals surface area contributed by atoms with E-state index < -0.39 is 0 Å². The van der Waals surface area contributed by atoms with Gasteiger partial charge in [0.25, 0.3) is 0 Å². The highest BCUT2D eigenvalue weighted by Gasteiger charge is 2.26. The van der Waals surface area contributed by atoms with E-state index in [0.29, 0.717) is 5.02 Å². The Balaban J connectivity index is 2.20. The van der Waals surface area contributed by atoms with Gasteiger partial charge in [0.2, 0.25) is 5.91 Å². The molecule has 0 bridgehead atoms. The zero-order valence-corrected chi connectivity index (χ0v) is 9.21. The molecule has 1 amide bonds. The van der Waals surface area contributed by atoms with E-state index in [-0.39, 0.29) is 18.0 Å². The lowest BCUT2D eigenvalue weighted by molar-refractivity contribution is -0.125. The number of hydrogen-bond acceptors (Lipinski definition) is 2. The van der Waals surface area contributed by atoms with Crippen LogP contribution in [0.15, 0.2) is 24.3 Å². The standard InChI is InChI=1S/C11H13ClN2O/c1-7-6-13-10(11(15)14-7)8-3-2-4-9(12)5-8/h2-5,7,10,13H,6H2,1H3,(H,14,15)/t7-,10+/m1/s1. The summed E-state index contributed by atoms with van der Waals surface area (Å²) in [6, 6.07) is 7.28. The number of carbonyl (C=O) groups is 1. The Morgan fingerprint density at radius 2 is 2.27 bits per heavy atom. The number of amides is 1. The average Bonchev–Trinajstić information content (AvgIpc) is 2.17. The Labute approximate surface area is 93.8 Å². The van der Waals surface area contributed by atoms with Gasteiger partial charge in [-0.2, -0.15) is 0 Å². The van der Waals surface area contributed by atoms with Crippen molar-refractivity contribution in [3.63, 3.8) is 0 Å². The second-order valence-electron chi connectivity index (χ2n) is 3.81. The highest BCUT2D eigenvalue weighted by atomic mass is 35.5. The number of hydrogen-bond donors (Lipinski definition) is 2. The monoisotopic (exact) mass is 224 g/mol. The highest BCUT2D eigenvalue weighted by molar-refractivity contribution is 6.30. The zero-order chi connectivity index (χ0) is 10.8. The SMILES string of the molecule is C[C@@H]1CN[C@@H](c2cccc(Cl)c2)C(=O)N1. The van der Waals surface area contributed by atoms with Crippen molar-refractivity contribution in [2.75, 3.05) is 6.54 Å². The van der Waals surface area contributed by atoms with Crippen LogP contribution in [0.2, 0.25) is 5.02 Å². The van der Waals surface area contributed by atoms with Gasteiger partial charge in [-0.1, -0.05) is 23.7 Å². The summed E-state index contributed by atoms with van der Waals surface area (Å²) in [7, 11) is 0. The van der Waals surface area contributed by atoms with Crippen LogP contribution in [-0.2, 0) is 4.79 Å².